The van der Waals surface area contributed by atoms with E-state index in [1.54, 1.807) is 0 Å². The third-order valence-corrected chi connectivity index (χ3v) is 5.21. The van der Waals surface area contributed by atoms with Crippen LogP contribution in [0.5, 0.6) is 0 Å². The van der Waals surface area contributed by atoms with Crippen LogP contribution in [0.25, 0.3) is 10.1 Å². The van der Waals surface area contributed by atoms with E-state index in [2.05, 4.69) is 21.2 Å². The first kappa shape index (κ1) is 14.8. The number of nitrogens with one attached hydrogen (secondary N) is 1. The highest BCUT2D eigenvalue weighted by molar-refractivity contribution is 9.10. The van der Waals surface area contributed by atoms with Gasteiger partial charge in [-0.15, -0.1) is 11.3 Å². The van der Waals surface area contributed by atoms with E-state index in [-0.39, 0.29) is 12.2 Å². The molecule has 0 bridgehead atoms. The van der Waals surface area contributed by atoms with Gasteiger partial charge < -0.3 is 5.32 Å². The van der Waals surface area contributed by atoms with Gasteiger partial charge in [-0.25, -0.2) is 8.78 Å². The Morgan fingerprint density at radius 3 is 2.48 bits per heavy atom. The highest BCUT2D eigenvalue weighted by Crippen LogP contribution is 2.36. The fourth-order valence-corrected chi connectivity index (χ4v) is 3.90. The van der Waals surface area contributed by atoms with Crippen LogP contribution in [0, 0.1) is 11.6 Å². The van der Waals surface area contributed by atoms with E-state index in [9.17, 15) is 8.78 Å². The van der Waals surface area contributed by atoms with Gasteiger partial charge in [-0.3, -0.25) is 0 Å². The van der Waals surface area contributed by atoms with Gasteiger partial charge in [-0.1, -0.05) is 45.7 Å². The van der Waals surface area contributed by atoms with E-state index in [1.807, 2.05) is 24.3 Å². The summed E-state index contributed by atoms with van der Waals surface area (Å²) in [6.45, 7) is 0.271. The summed E-state index contributed by atoms with van der Waals surface area (Å²) >= 11 is 10.9. The molecule has 0 unspecified atom stereocenters. The van der Waals surface area contributed by atoms with Crippen molar-refractivity contribution in [2.75, 3.05) is 5.32 Å². The highest BCUT2D eigenvalue weighted by atomic mass is 79.9. The molecule has 1 N–H and O–H groups in total. The second-order valence-electron chi connectivity index (χ2n) is 4.43. The first-order valence-corrected chi connectivity index (χ1v) is 8.09. The minimum Gasteiger partial charge on any atom is -0.375 e. The zero-order valence-electron chi connectivity index (χ0n) is 10.6. The molecule has 2 aromatic carbocycles. The number of anilines is 1. The number of fused-ring (bicyclic) bond motifs is 1. The number of rotatable bonds is 3. The molecule has 0 atom stereocenters. The second-order valence-corrected chi connectivity index (χ2v) is 6.86. The zero-order valence-corrected chi connectivity index (χ0v) is 13.7. The number of thiophene rings is 1. The molecule has 0 aliphatic rings. The van der Waals surface area contributed by atoms with Crippen molar-refractivity contribution in [2.24, 2.45) is 0 Å². The minimum absolute atomic E-state index is 0.147. The standard InChI is InChI=1S/C15H9BrClF2NS/c16-8-5-10(18)15(11(19)6-8)20-7-13-14(17)9-3-1-2-4-12(9)21-13/h1-6,20H,7H2. The molecule has 0 saturated heterocycles. The van der Waals surface area contributed by atoms with E-state index in [1.165, 1.54) is 23.5 Å². The second kappa shape index (κ2) is 5.91. The number of halogens is 4. The average molecular weight is 389 g/mol. The molecule has 6 heteroatoms. The van der Waals surface area contributed by atoms with Crippen LogP contribution in [-0.4, -0.2) is 0 Å². The molecular formula is C15H9BrClF2NS. The van der Waals surface area contributed by atoms with Gasteiger partial charge in [-0.05, 0) is 18.2 Å². The summed E-state index contributed by atoms with van der Waals surface area (Å²) in [7, 11) is 0. The maximum absolute atomic E-state index is 13.8. The molecule has 0 radical (unpaired) electrons. The normalized spacial score (nSPS) is 11.0. The molecule has 1 nitrogen and oxygen atoms in total. The monoisotopic (exact) mass is 387 g/mol. The lowest BCUT2D eigenvalue weighted by molar-refractivity contribution is 0.586. The Hall–Kier alpha value is -1.17. The number of benzene rings is 2. The maximum atomic E-state index is 13.8. The third-order valence-electron chi connectivity index (χ3n) is 3.03. The quantitative estimate of drug-likeness (QED) is 0.562. The van der Waals surface area contributed by atoms with Crippen LogP contribution in [0.2, 0.25) is 5.02 Å². The fraction of sp³-hybridized carbons (Fsp3) is 0.0667. The lowest BCUT2D eigenvalue weighted by atomic mass is 10.2. The molecule has 3 rings (SSSR count). The van der Waals surface area contributed by atoms with Crippen molar-refractivity contribution >= 4 is 54.6 Å². The Labute approximate surface area is 137 Å². The van der Waals surface area contributed by atoms with Crippen LogP contribution in [0.3, 0.4) is 0 Å². The largest absolute Gasteiger partial charge is 0.375 e. The molecule has 0 fully saturated rings. The smallest absolute Gasteiger partial charge is 0.150 e. The van der Waals surface area contributed by atoms with E-state index >= 15 is 0 Å². The first-order chi connectivity index (χ1) is 10.1. The van der Waals surface area contributed by atoms with Gasteiger partial charge >= 0.3 is 0 Å². The van der Waals surface area contributed by atoms with Crippen LogP contribution in [0.15, 0.2) is 40.9 Å². The molecule has 1 aromatic heterocycles. The number of hydrogen-bond acceptors (Lipinski definition) is 2. The maximum Gasteiger partial charge on any atom is 0.150 e. The summed E-state index contributed by atoms with van der Waals surface area (Å²) in [5.41, 5.74) is -0.147. The summed E-state index contributed by atoms with van der Waals surface area (Å²) in [4.78, 5) is 0.847. The Morgan fingerprint density at radius 1 is 1.14 bits per heavy atom. The zero-order chi connectivity index (χ0) is 15.0. The lowest BCUT2D eigenvalue weighted by Crippen LogP contribution is -2.03. The van der Waals surface area contributed by atoms with Gasteiger partial charge in [0.15, 0.2) is 0 Å². The van der Waals surface area contributed by atoms with Crippen molar-refractivity contribution in [3.05, 3.63) is 62.4 Å². The third kappa shape index (κ3) is 2.91. The van der Waals surface area contributed by atoms with Crippen molar-refractivity contribution in [2.45, 2.75) is 6.54 Å². The molecular weight excluding hydrogens is 380 g/mol. The molecule has 21 heavy (non-hydrogen) atoms. The van der Waals surface area contributed by atoms with E-state index < -0.39 is 11.6 Å². The summed E-state index contributed by atoms with van der Waals surface area (Å²) in [6.07, 6.45) is 0. The van der Waals surface area contributed by atoms with Crippen molar-refractivity contribution in [1.29, 1.82) is 0 Å². The van der Waals surface area contributed by atoms with Crippen molar-refractivity contribution in [3.8, 4) is 0 Å². The van der Waals surface area contributed by atoms with Gasteiger partial charge in [0, 0.05) is 19.4 Å². The molecule has 0 spiro atoms. The summed E-state index contributed by atoms with van der Waals surface area (Å²) in [5, 5.41) is 4.36. The molecule has 0 aliphatic carbocycles. The fourth-order valence-electron chi connectivity index (χ4n) is 2.06. The van der Waals surface area contributed by atoms with Gasteiger partial charge in [0.25, 0.3) is 0 Å². The highest BCUT2D eigenvalue weighted by Gasteiger charge is 2.13. The SMILES string of the molecule is Fc1cc(Br)cc(F)c1NCc1sc2ccccc2c1Cl. The molecule has 108 valence electrons. The Balaban J connectivity index is 1.89. The Kier molecular flexibility index (Phi) is 4.15. The van der Waals surface area contributed by atoms with E-state index in [0.29, 0.717) is 9.50 Å². The Morgan fingerprint density at radius 2 is 1.81 bits per heavy atom. The Bertz CT molecular complexity index is 796. The summed E-state index contributed by atoms with van der Waals surface area (Å²) in [5.74, 6) is -1.28. The van der Waals surface area contributed by atoms with E-state index in [0.717, 1.165) is 15.0 Å². The summed E-state index contributed by atoms with van der Waals surface area (Å²) in [6, 6.07) is 10.2. The van der Waals surface area contributed by atoms with Gasteiger partial charge in [0.2, 0.25) is 0 Å². The van der Waals surface area contributed by atoms with Crippen LogP contribution >= 0.6 is 38.9 Å². The van der Waals surface area contributed by atoms with Gasteiger partial charge in [0.05, 0.1) is 11.6 Å². The van der Waals surface area contributed by atoms with E-state index in [4.69, 9.17) is 11.6 Å². The molecule has 1 heterocycles. The van der Waals surface area contributed by atoms with Crippen molar-refractivity contribution in [3.63, 3.8) is 0 Å². The minimum atomic E-state index is -0.640. The lowest BCUT2D eigenvalue weighted by Gasteiger charge is -2.08. The molecule has 0 saturated carbocycles. The van der Waals surface area contributed by atoms with Crippen LogP contribution in [-0.2, 0) is 6.54 Å². The molecule has 0 amide bonds. The van der Waals surface area contributed by atoms with Crippen molar-refractivity contribution in [1.82, 2.24) is 0 Å². The summed E-state index contributed by atoms with van der Waals surface area (Å²) < 4.78 is 28.9. The molecule has 0 aliphatic heterocycles. The topological polar surface area (TPSA) is 12.0 Å². The predicted octanol–water partition coefficient (Wildman–Crippen LogP) is 6.21. The molecule has 3 aromatic rings. The average Bonchev–Trinajstić information content (AvgIpc) is 2.75. The number of hydrogen-bond donors (Lipinski definition) is 1. The van der Waals surface area contributed by atoms with Crippen LogP contribution < -0.4 is 5.32 Å². The van der Waals surface area contributed by atoms with Crippen LogP contribution in [0.1, 0.15) is 4.88 Å². The van der Waals surface area contributed by atoms with Gasteiger partial charge in [0.1, 0.15) is 17.3 Å². The van der Waals surface area contributed by atoms with Gasteiger partial charge in [-0.2, -0.15) is 0 Å². The first-order valence-electron chi connectivity index (χ1n) is 6.10. The van der Waals surface area contributed by atoms with Crippen molar-refractivity contribution < 1.29 is 8.78 Å². The van der Waals surface area contributed by atoms with Crippen LogP contribution in [0.4, 0.5) is 14.5 Å². The predicted molar refractivity (Wildman–Crippen MR) is 88.2 cm³/mol.